The molecule has 0 aliphatic carbocycles. The van der Waals surface area contributed by atoms with E-state index in [1.54, 1.807) is 7.11 Å². The lowest BCUT2D eigenvalue weighted by Gasteiger charge is -2.46. The smallest absolute Gasteiger partial charge is 0.191 e. The molecule has 2 aliphatic heterocycles. The maximum atomic E-state index is 10.8. The van der Waals surface area contributed by atoms with Crippen LogP contribution in [0.15, 0.2) is 12.1 Å². The number of fused-ring (bicyclic) bond motifs is 3. The Bertz CT molecular complexity index is 789. The van der Waals surface area contributed by atoms with E-state index < -0.39 is 8.32 Å². The van der Waals surface area contributed by atoms with Crippen molar-refractivity contribution >= 4 is 8.32 Å². The van der Waals surface area contributed by atoms with Gasteiger partial charge in [-0.15, -0.1) is 0 Å². The Morgan fingerprint density at radius 3 is 2.52 bits per heavy atom. The van der Waals surface area contributed by atoms with Crippen molar-refractivity contribution in [3.05, 3.63) is 23.3 Å². The summed E-state index contributed by atoms with van der Waals surface area (Å²) in [7, 11) is -0.000981. The first-order valence-corrected chi connectivity index (χ1v) is 15.7. The van der Waals surface area contributed by atoms with Crippen molar-refractivity contribution in [3.8, 4) is 11.5 Å². The molecule has 1 saturated heterocycles. The lowest BCUT2D eigenvalue weighted by atomic mass is 9.79. The Morgan fingerprint density at radius 1 is 1.15 bits per heavy atom. The third kappa shape index (κ3) is 6.33. The molecule has 3 atom stereocenters. The average Bonchev–Trinajstić information content (AvgIpc) is 2.72. The number of hydrogen-bond donors (Lipinski definition) is 1. The van der Waals surface area contributed by atoms with Crippen LogP contribution >= 0.6 is 0 Å². The zero-order valence-corrected chi connectivity index (χ0v) is 23.2. The molecular formula is C27H47NO4Si. The molecule has 2 aliphatic rings. The fraction of sp³-hybridized carbons (Fsp3) is 0.778. The van der Waals surface area contributed by atoms with Gasteiger partial charge in [-0.05, 0) is 72.5 Å². The van der Waals surface area contributed by atoms with Crippen LogP contribution in [0.4, 0.5) is 0 Å². The summed E-state index contributed by atoms with van der Waals surface area (Å²) in [5.74, 6) is 2.61. The predicted molar refractivity (Wildman–Crippen MR) is 138 cm³/mol. The molecule has 0 aromatic heterocycles. The standard InChI is InChI=1S/C27H47NO4Si/c1-19(2)14-21-18-28-11-10-20-15-26(25(30-6)16-22(20)23(28)17-24(21)29)31-12-9-13-32-33(7,8)27(3,4)5/h15-16,19,21,23-24,29H,9-14,17-18H2,1-8H3/t21-,23-,24?/m1/s1. The number of aliphatic hydroxyl groups is 1. The minimum atomic E-state index is -1.71. The van der Waals surface area contributed by atoms with Crippen molar-refractivity contribution in [1.82, 2.24) is 4.90 Å². The van der Waals surface area contributed by atoms with Crippen LogP contribution in [0.2, 0.25) is 18.1 Å². The van der Waals surface area contributed by atoms with Gasteiger partial charge in [-0.25, -0.2) is 0 Å². The van der Waals surface area contributed by atoms with E-state index in [1.807, 2.05) is 0 Å². The van der Waals surface area contributed by atoms with Gasteiger partial charge in [-0.3, -0.25) is 4.90 Å². The third-order valence-corrected chi connectivity index (χ3v) is 12.5. The first-order valence-electron chi connectivity index (χ1n) is 12.8. The third-order valence-electron chi connectivity index (χ3n) is 7.96. The molecule has 1 fully saturated rings. The van der Waals surface area contributed by atoms with Crippen molar-refractivity contribution in [2.24, 2.45) is 11.8 Å². The molecule has 2 heterocycles. The summed E-state index contributed by atoms with van der Waals surface area (Å²) >= 11 is 0. The lowest BCUT2D eigenvalue weighted by molar-refractivity contribution is -0.0191. The Hall–Kier alpha value is -1.08. The molecular weight excluding hydrogens is 430 g/mol. The van der Waals surface area contributed by atoms with Crippen LogP contribution < -0.4 is 9.47 Å². The highest BCUT2D eigenvalue weighted by Crippen LogP contribution is 2.43. The molecule has 0 radical (unpaired) electrons. The summed E-state index contributed by atoms with van der Waals surface area (Å²) in [5, 5.41) is 11.1. The van der Waals surface area contributed by atoms with Crippen LogP contribution in [-0.4, -0.2) is 57.8 Å². The number of piperidine rings is 1. The summed E-state index contributed by atoms with van der Waals surface area (Å²) in [6.07, 6.45) is 3.55. The molecule has 1 aromatic carbocycles. The van der Waals surface area contributed by atoms with Gasteiger partial charge in [-0.1, -0.05) is 34.6 Å². The molecule has 1 aromatic rings. The molecule has 33 heavy (non-hydrogen) atoms. The topological polar surface area (TPSA) is 51.2 Å². The van der Waals surface area contributed by atoms with Crippen molar-refractivity contribution < 1.29 is 19.0 Å². The van der Waals surface area contributed by atoms with E-state index in [-0.39, 0.29) is 17.2 Å². The maximum Gasteiger partial charge on any atom is 0.191 e. The van der Waals surface area contributed by atoms with Gasteiger partial charge in [0.15, 0.2) is 19.8 Å². The molecule has 0 spiro atoms. The van der Waals surface area contributed by atoms with Gasteiger partial charge in [0.2, 0.25) is 0 Å². The minimum Gasteiger partial charge on any atom is -0.493 e. The second kappa shape index (κ2) is 10.7. The number of ether oxygens (including phenoxy) is 2. The molecule has 1 N–H and O–H groups in total. The van der Waals surface area contributed by atoms with Crippen molar-refractivity contribution in [3.63, 3.8) is 0 Å². The molecule has 3 rings (SSSR count). The largest absolute Gasteiger partial charge is 0.493 e. The molecule has 0 amide bonds. The van der Waals surface area contributed by atoms with E-state index in [9.17, 15) is 5.11 Å². The van der Waals surface area contributed by atoms with Crippen LogP contribution in [0.25, 0.3) is 0 Å². The fourth-order valence-electron chi connectivity index (χ4n) is 4.99. The Morgan fingerprint density at radius 2 is 1.88 bits per heavy atom. The number of aliphatic hydroxyl groups excluding tert-OH is 1. The summed E-state index contributed by atoms with van der Waals surface area (Å²) in [5.41, 5.74) is 2.63. The fourth-order valence-corrected chi connectivity index (χ4v) is 6.08. The quantitative estimate of drug-likeness (QED) is 0.359. The highest BCUT2D eigenvalue weighted by Gasteiger charge is 2.39. The van der Waals surface area contributed by atoms with E-state index >= 15 is 0 Å². The lowest BCUT2D eigenvalue weighted by Crippen LogP contribution is -2.48. The minimum absolute atomic E-state index is 0.227. The van der Waals surface area contributed by atoms with Gasteiger partial charge in [-0.2, -0.15) is 0 Å². The van der Waals surface area contributed by atoms with Gasteiger partial charge >= 0.3 is 0 Å². The van der Waals surface area contributed by atoms with Crippen LogP contribution in [0.3, 0.4) is 0 Å². The van der Waals surface area contributed by atoms with Gasteiger partial charge in [0.25, 0.3) is 0 Å². The zero-order chi connectivity index (χ0) is 24.4. The van der Waals surface area contributed by atoms with Crippen LogP contribution in [0, 0.1) is 11.8 Å². The second-order valence-corrected chi connectivity index (χ2v) is 16.8. The monoisotopic (exact) mass is 477 g/mol. The number of rotatable bonds is 9. The first-order chi connectivity index (χ1) is 15.4. The molecule has 5 nitrogen and oxygen atoms in total. The van der Waals surface area contributed by atoms with E-state index in [1.165, 1.54) is 11.1 Å². The first kappa shape index (κ1) is 26.5. The Balaban J connectivity index is 1.63. The van der Waals surface area contributed by atoms with E-state index in [2.05, 4.69) is 64.7 Å². The highest BCUT2D eigenvalue weighted by molar-refractivity contribution is 6.74. The highest BCUT2D eigenvalue weighted by atomic mass is 28.4. The molecule has 0 bridgehead atoms. The summed E-state index contributed by atoms with van der Waals surface area (Å²) in [6.45, 7) is 19.3. The van der Waals surface area contributed by atoms with Crippen LogP contribution in [-0.2, 0) is 10.8 Å². The van der Waals surface area contributed by atoms with Crippen LogP contribution in [0.5, 0.6) is 11.5 Å². The number of methoxy groups -OCH3 is 1. The van der Waals surface area contributed by atoms with Crippen molar-refractivity contribution in [2.45, 2.75) is 90.6 Å². The van der Waals surface area contributed by atoms with Gasteiger partial charge < -0.3 is 19.0 Å². The molecule has 6 heteroatoms. The normalized spacial score (nSPS) is 23.9. The second-order valence-electron chi connectivity index (χ2n) is 12.0. The molecule has 0 saturated carbocycles. The summed E-state index contributed by atoms with van der Waals surface area (Å²) < 4.78 is 18.2. The van der Waals surface area contributed by atoms with E-state index in [4.69, 9.17) is 13.9 Å². The maximum absolute atomic E-state index is 10.8. The summed E-state index contributed by atoms with van der Waals surface area (Å²) in [6, 6.07) is 4.60. The van der Waals surface area contributed by atoms with Crippen LogP contribution in [0.1, 0.15) is 71.0 Å². The molecule has 1 unspecified atom stereocenters. The SMILES string of the molecule is COc1cc2c(cc1OCCCO[Si](C)(C)C(C)(C)C)CCN1C[C@@H](CC(C)C)C(O)C[C@H]21. The van der Waals surface area contributed by atoms with E-state index in [0.717, 1.165) is 56.9 Å². The van der Waals surface area contributed by atoms with E-state index in [0.29, 0.717) is 18.4 Å². The number of benzene rings is 1. The Labute approximate surface area is 202 Å². The van der Waals surface area contributed by atoms with Gasteiger partial charge in [0.1, 0.15) is 0 Å². The van der Waals surface area contributed by atoms with Crippen molar-refractivity contribution in [1.29, 1.82) is 0 Å². The Kier molecular flexibility index (Phi) is 8.58. The summed E-state index contributed by atoms with van der Waals surface area (Å²) in [4.78, 5) is 2.57. The molecule has 188 valence electrons. The number of nitrogens with zero attached hydrogens (tertiary/aromatic N) is 1. The average molecular weight is 478 g/mol. The zero-order valence-electron chi connectivity index (χ0n) is 22.2. The predicted octanol–water partition coefficient (Wildman–Crippen LogP) is 5.81. The van der Waals surface area contributed by atoms with Gasteiger partial charge in [0, 0.05) is 32.2 Å². The van der Waals surface area contributed by atoms with Crippen molar-refractivity contribution in [2.75, 3.05) is 33.4 Å². The van der Waals surface area contributed by atoms with Gasteiger partial charge in [0.05, 0.1) is 19.8 Å². The number of hydrogen-bond acceptors (Lipinski definition) is 5.